The van der Waals surface area contributed by atoms with Crippen LogP contribution < -0.4 is 4.90 Å². The molecule has 0 unspecified atom stereocenters. The molecule has 0 aliphatic heterocycles. The van der Waals surface area contributed by atoms with E-state index in [0.29, 0.717) is 12.0 Å². The maximum Gasteiger partial charge on any atom is 0.185 e. The van der Waals surface area contributed by atoms with Gasteiger partial charge in [-0.25, -0.2) is 14.5 Å². The predicted octanol–water partition coefficient (Wildman–Crippen LogP) is 5.22. The molecule has 0 fully saturated rings. The Morgan fingerprint density at radius 2 is 1.88 bits per heavy atom. The number of nitrogens with zero attached hydrogens (tertiary/aromatic N) is 5. The first-order valence-electron chi connectivity index (χ1n) is 9.43. The summed E-state index contributed by atoms with van der Waals surface area (Å²) in [7, 11) is 2.09. The van der Waals surface area contributed by atoms with Crippen LogP contribution in [0.4, 0.5) is 5.13 Å². The quantitative estimate of drug-likeness (QED) is 0.596. The van der Waals surface area contributed by atoms with Gasteiger partial charge in [0.1, 0.15) is 5.69 Å². The Balaban J connectivity index is 2.17. The lowest BCUT2D eigenvalue weighted by Crippen LogP contribution is -2.25. The molecule has 140 valence electrons. The van der Waals surface area contributed by atoms with Crippen LogP contribution in [0.3, 0.4) is 0 Å². The lowest BCUT2D eigenvalue weighted by Gasteiger charge is -2.19. The van der Waals surface area contributed by atoms with E-state index in [1.54, 1.807) is 11.3 Å². The van der Waals surface area contributed by atoms with Crippen molar-refractivity contribution in [1.82, 2.24) is 19.6 Å². The largest absolute Gasteiger partial charge is 0.349 e. The van der Waals surface area contributed by atoms with Gasteiger partial charge in [0, 0.05) is 24.8 Å². The van der Waals surface area contributed by atoms with Crippen LogP contribution in [0.2, 0.25) is 0 Å². The van der Waals surface area contributed by atoms with Gasteiger partial charge in [-0.05, 0) is 52.5 Å². The van der Waals surface area contributed by atoms with E-state index in [4.69, 9.17) is 10.1 Å². The number of aryl methyl sites for hydroxylation is 2. The first kappa shape index (κ1) is 18.8. The molecule has 0 aliphatic carbocycles. The summed E-state index contributed by atoms with van der Waals surface area (Å²) < 4.78 is 2.03. The minimum atomic E-state index is 0.416. The molecule has 0 bridgehead atoms. The van der Waals surface area contributed by atoms with Gasteiger partial charge in [-0.3, -0.25) is 0 Å². The Hall–Kier alpha value is -1.95. The van der Waals surface area contributed by atoms with Crippen molar-refractivity contribution in [3.8, 4) is 10.6 Å². The van der Waals surface area contributed by atoms with E-state index in [2.05, 4.69) is 64.5 Å². The molecule has 3 rings (SSSR count). The second kappa shape index (κ2) is 7.35. The van der Waals surface area contributed by atoms with Crippen LogP contribution in [-0.2, 0) is 0 Å². The van der Waals surface area contributed by atoms with Gasteiger partial charge < -0.3 is 4.90 Å². The van der Waals surface area contributed by atoms with Crippen LogP contribution in [0.25, 0.3) is 16.2 Å². The van der Waals surface area contributed by atoms with E-state index in [1.807, 2.05) is 10.7 Å². The number of hydrogen-bond acceptors (Lipinski definition) is 5. The minimum absolute atomic E-state index is 0.416. The molecule has 0 amide bonds. The molecule has 0 atom stereocenters. The highest BCUT2D eigenvalue weighted by atomic mass is 32.1. The Kier molecular flexibility index (Phi) is 5.32. The van der Waals surface area contributed by atoms with Gasteiger partial charge in [0.05, 0.1) is 16.3 Å². The molecule has 0 saturated heterocycles. The highest BCUT2D eigenvalue weighted by Gasteiger charge is 2.21. The number of thiazole rings is 1. The Morgan fingerprint density at radius 3 is 2.50 bits per heavy atom. The van der Waals surface area contributed by atoms with Crippen LogP contribution in [0.1, 0.15) is 63.4 Å². The summed E-state index contributed by atoms with van der Waals surface area (Å²) in [6.07, 6.45) is 4.18. The molecule has 0 aliphatic rings. The number of anilines is 1. The van der Waals surface area contributed by atoms with Crippen LogP contribution in [0.5, 0.6) is 0 Å². The molecule has 0 N–H and O–H groups in total. The van der Waals surface area contributed by atoms with E-state index < -0.39 is 0 Å². The predicted molar refractivity (Wildman–Crippen MR) is 110 cm³/mol. The van der Waals surface area contributed by atoms with Crippen molar-refractivity contribution in [3.63, 3.8) is 0 Å². The van der Waals surface area contributed by atoms with Gasteiger partial charge in [-0.2, -0.15) is 5.10 Å². The second-order valence-corrected chi connectivity index (χ2v) is 8.26. The first-order valence-corrected chi connectivity index (χ1v) is 10.2. The number of fused-ring (bicyclic) bond motifs is 1. The Labute approximate surface area is 160 Å². The second-order valence-electron chi connectivity index (χ2n) is 7.25. The van der Waals surface area contributed by atoms with Crippen molar-refractivity contribution in [3.05, 3.63) is 29.2 Å². The third kappa shape index (κ3) is 3.22. The van der Waals surface area contributed by atoms with E-state index in [1.165, 1.54) is 5.56 Å². The van der Waals surface area contributed by atoms with Gasteiger partial charge in [-0.1, -0.05) is 25.2 Å². The molecule has 0 spiro atoms. The van der Waals surface area contributed by atoms with E-state index in [0.717, 1.165) is 45.6 Å². The molecule has 0 saturated carbocycles. The average molecular weight is 372 g/mol. The monoisotopic (exact) mass is 371 g/mol. The molecule has 3 heterocycles. The summed E-state index contributed by atoms with van der Waals surface area (Å²) in [5.74, 6) is 0.512. The van der Waals surface area contributed by atoms with Gasteiger partial charge in [0.15, 0.2) is 10.8 Å². The van der Waals surface area contributed by atoms with Crippen LogP contribution in [0, 0.1) is 13.8 Å². The molecular weight excluding hydrogens is 342 g/mol. The van der Waals surface area contributed by atoms with E-state index >= 15 is 0 Å². The number of aromatic nitrogens is 4. The summed E-state index contributed by atoms with van der Waals surface area (Å²) >= 11 is 1.70. The molecule has 0 aromatic carbocycles. The van der Waals surface area contributed by atoms with Crippen LogP contribution >= 0.6 is 11.3 Å². The minimum Gasteiger partial charge on any atom is -0.349 e. The van der Waals surface area contributed by atoms with Gasteiger partial charge >= 0.3 is 0 Å². The van der Waals surface area contributed by atoms with Crippen LogP contribution in [-0.4, -0.2) is 32.7 Å². The summed E-state index contributed by atoms with van der Waals surface area (Å²) in [4.78, 5) is 12.8. The lowest BCUT2D eigenvalue weighted by atomic mass is 9.95. The van der Waals surface area contributed by atoms with Crippen molar-refractivity contribution in [2.24, 2.45) is 0 Å². The lowest BCUT2D eigenvalue weighted by molar-refractivity contribution is 0.638. The number of rotatable bonds is 6. The molecule has 3 aromatic rings. The molecule has 6 heteroatoms. The maximum absolute atomic E-state index is 4.90. The molecule has 0 radical (unpaired) electrons. The van der Waals surface area contributed by atoms with Gasteiger partial charge in [-0.15, -0.1) is 0 Å². The van der Waals surface area contributed by atoms with E-state index in [9.17, 15) is 0 Å². The Bertz CT molecular complexity index is 904. The Morgan fingerprint density at radius 1 is 1.19 bits per heavy atom. The van der Waals surface area contributed by atoms with Crippen molar-refractivity contribution in [2.45, 2.75) is 66.3 Å². The fourth-order valence-corrected chi connectivity index (χ4v) is 4.44. The van der Waals surface area contributed by atoms with Crippen molar-refractivity contribution in [2.75, 3.05) is 11.9 Å². The van der Waals surface area contributed by atoms with E-state index in [-0.39, 0.29) is 0 Å². The zero-order chi connectivity index (χ0) is 19.0. The molecule has 3 aromatic heterocycles. The standard InChI is InChI=1S/C20H29N5S/c1-8-15(9-2)16-10-13(5)23-25-18(14(6)22-19(16)25)17-11-21-20(26-17)24(7)12(3)4/h10-12,15H,8-9H2,1-7H3. The fraction of sp³-hybridized carbons (Fsp3) is 0.550. The highest BCUT2D eigenvalue weighted by Crippen LogP contribution is 2.35. The highest BCUT2D eigenvalue weighted by molar-refractivity contribution is 7.18. The molecular formula is C20H29N5S. The maximum atomic E-state index is 4.90. The smallest absolute Gasteiger partial charge is 0.185 e. The SMILES string of the molecule is CCC(CC)c1cc(C)nn2c(-c3cnc(N(C)C(C)C)s3)c(C)nc12. The summed E-state index contributed by atoms with van der Waals surface area (Å²) in [6, 6.07) is 2.62. The third-order valence-electron chi connectivity index (χ3n) is 5.14. The topological polar surface area (TPSA) is 46.3 Å². The third-order valence-corrected chi connectivity index (χ3v) is 6.23. The molecule has 5 nitrogen and oxygen atoms in total. The average Bonchev–Trinajstić information content (AvgIpc) is 3.19. The molecule has 26 heavy (non-hydrogen) atoms. The summed E-state index contributed by atoms with van der Waals surface area (Å²) in [5, 5.41) is 5.82. The zero-order valence-corrected chi connectivity index (χ0v) is 17.7. The normalized spacial score (nSPS) is 11.9. The first-order chi connectivity index (χ1) is 12.4. The van der Waals surface area contributed by atoms with Crippen molar-refractivity contribution in [1.29, 1.82) is 0 Å². The zero-order valence-electron chi connectivity index (χ0n) is 16.9. The number of hydrogen-bond donors (Lipinski definition) is 0. The van der Waals surface area contributed by atoms with Crippen LogP contribution in [0.15, 0.2) is 12.3 Å². The summed E-state index contributed by atoms with van der Waals surface area (Å²) in [6.45, 7) is 13.0. The van der Waals surface area contributed by atoms with Crippen molar-refractivity contribution < 1.29 is 0 Å². The fourth-order valence-electron chi connectivity index (χ4n) is 3.35. The van der Waals surface area contributed by atoms with Crippen molar-refractivity contribution >= 4 is 22.1 Å². The van der Waals surface area contributed by atoms with Gasteiger partial charge in [0.25, 0.3) is 0 Å². The summed E-state index contributed by atoms with van der Waals surface area (Å²) in [5.41, 5.74) is 5.40. The number of imidazole rings is 1. The van der Waals surface area contributed by atoms with Gasteiger partial charge in [0.2, 0.25) is 0 Å².